The van der Waals surface area contributed by atoms with Gasteiger partial charge in [-0.25, -0.2) is 4.98 Å². The predicted octanol–water partition coefficient (Wildman–Crippen LogP) is 1.82. The molecule has 5 heteroatoms. The lowest BCUT2D eigenvalue weighted by molar-refractivity contribution is -0.125. The maximum absolute atomic E-state index is 12.1. The van der Waals surface area contributed by atoms with Crippen molar-refractivity contribution in [1.29, 1.82) is 0 Å². The smallest absolute Gasteiger partial charge is 0.223 e. The Labute approximate surface area is 110 Å². The number of carbonyl (C=O) groups is 1. The van der Waals surface area contributed by atoms with Gasteiger partial charge in [-0.3, -0.25) is 4.79 Å². The molecule has 1 N–H and O–H groups in total. The van der Waals surface area contributed by atoms with Gasteiger partial charge in [0.2, 0.25) is 5.91 Å². The van der Waals surface area contributed by atoms with Gasteiger partial charge in [-0.1, -0.05) is 6.07 Å². The molecule has 0 radical (unpaired) electrons. The molecule has 0 bridgehead atoms. The summed E-state index contributed by atoms with van der Waals surface area (Å²) in [5.41, 5.74) is 0. The second-order valence-corrected chi connectivity index (χ2v) is 5.56. The van der Waals surface area contributed by atoms with Crippen LogP contribution in [0.25, 0.3) is 0 Å². The Morgan fingerprint density at radius 3 is 3.39 bits per heavy atom. The molecule has 1 amide bonds. The topological polar surface area (TPSA) is 46.9 Å². The number of nitrogens with zero attached hydrogens (tertiary/aromatic N) is 2. The SMILES string of the molecule is O=C(NCc1cccs1)C1CCn2ccnc2C1. The summed E-state index contributed by atoms with van der Waals surface area (Å²) in [6, 6.07) is 4.04. The molecule has 0 fully saturated rings. The van der Waals surface area contributed by atoms with Gasteiger partial charge in [0.1, 0.15) is 5.82 Å². The standard InChI is InChI=1S/C13H15N3OS/c17-13(15-9-11-2-1-7-18-11)10-3-5-16-6-4-14-12(16)8-10/h1-2,4,6-7,10H,3,5,8-9H2,(H,15,17). The van der Waals surface area contributed by atoms with E-state index in [1.807, 2.05) is 23.7 Å². The Hall–Kier alpha value is -1.62. The highest BCUT2D eigenvalue weighted by atomic mass is 32.1. The van der Waals surface area contributed by atoms with E-state index in [-0.39, 0.29) is 11.8 Å². The van der Waals surface area contributed by atoms with Gasteiger partial charge in [0.15, 0.2) is 0 Å². The largest absolute Gasteiger partial charge is 0.351 e. The summed E-state index contributed by atoms with van der Waals surface area (Å²) < 4.78 is 2.13. The molecule has 2 aromatic rings. The normalized spacial score (nSPS) is 18.3. The molecule has 1 aliphatic heterocycles. The first-order valence-corrected chi connectivity index (χ1v) is 7.01. The van der Waals surface area contributed by atoms with Gasteiger partial charge in [0.05, 0.1) is 6.54 Å². The van der Waals surface area contributed by atoms with E-state index in [2.05, 4.69) is 14.9 Å². The van der Waals surface area contributed by atoms with Gasteiger partial charge in [-0.15, -0.1) is 11.3 Å². The molecule has 0 aromatic carbocycles. The highest BCUT2D eigenvalue weighted by molar-refractivity contribution is 7.09. The van der Waals surface area contributed by atoms with Gasteiger partial charge in [-0.05, 0) is 17.9 Å². The lowest BCUT2D eigenvalue weighted by Gasteiger charge is -2.22. The molecule has 94 valence electrons. The fourth-order valence-corrected chi connectivity index (χ4v) is 2.95. The van der Waals surface area contributed by atoms with Crippen LogP contribution in [0.1, 0.15) is 17.1 Å². The summed E-state index contributed by atoms with van der Waals surface area (Å²) in [6.45, 7) is 1.54. The first-order chi connectivity index (χ1) is 8.83. The second-order valence-electron chi connectivity index (χ2n) is 4.52. The fourth-order valence-electron chi connectivity index (χ4n) is 2.31. The van der Waals surface area contributed by atoms with Crippen molar-refractivity contribution in [2.75, 3.05) is 0 Å². The maximum Gasteiger partial charge on any atom is 0.223 e. The van der Waals surface area contributed by atoms with Gasteiger partial charge >= 0.3 is 0 Å². The van der Waals surface area contributed by atoms with E-state index in [9.17, 15) is 4.79 Å². The minimum atomic E-state index is 0.0693. The zero-order valence-corrected chi connectivity index (χ0v) is 10.8. The Morgan fingerprint density at radius 2 is 2.56 bits per heavy atom. The summed E-state index contributed by atoms with van der Waals surface area (Å²) in [7, 11) is 0. The zero-order valence-electron chi connectivity index (χ0n) is 10.0. The van der Waals surface area contributed by atoms with Crippen molar-refractivity contribution in [3.63, 3.8) is 0 Å². The molecule has 0 spiro atoms. The van der Waals surface area contributed by atoms with Crippen LogP contribution in [0.15, 0.2) is 29.9 Å². The van der Waals surface area contributed by atoms with Crippen LogP contribution in [0, 0.1) is 5.92 Å². The highest BCUT2D eigenvalue weighted by Crippen LogP contribution is 2.19. The van der Waals surface area contributed by atoms with Gasteiger partial charge in [0, 0.05) is 36.2 Å². The van der Waals surface area contributed by atoms with Crippen LogP contribution < -0.4 is 5.32 Å². The van der Waals surface area contributed by atoms with Crippen LogP contribution in [0.3, 0.4) is 0 Å². The first-order valence-electron chi connectivity index (χ1n) is 6.13. The van der Waals surface area contributed by atoms with E-state index < -0.39 is 0 Å². The molecule has 0 saturated heterocycles. The molecule has 1 atom stereocenters. The number of imidazole rings is 1. The number of carbonyl (C=O) groups excluding carboxylic acids is 1. The third-order valence-corrected chi connectivity index (χ3v) is 4.21. The lowest BCUT2D eigenvalue weighted by atomic mass is 9.97. The summed E-state index contributed by atoms with van der Waals surface area (Å²) in [5.74, 6) is 1.25. The van der Waals surface area contributed by atoms with Crippen LogP contribution >= 0.6 is 11.3 Å². The molecule has 0 aliphatic carbocycles. The number of amides is 1. The highest BCUT2D eigenvalue weighted by Gasteiger charge is 2.24. The summed E-state index contributed by atoms with van der Waals surface area (Å²) in [5, 5.41) is 5.04. The molecular formula is C13H15N3OS. The number of nitrogens with one attached hydrogen (secondary N) is 1. The van der Waals surface area contributed by atoms with Crippen molar-refractivity contribution in [3.05, 3.63) is 40.6 Å². The summed E-state index contributed by atoms with van der Waals surface area (Å²) >= 11 is 1.67. The first kappa shape index (κ1) is 11.5. The Balaban J connectivity index is 1.57. The molecule has 2 aromatic heterocycles. The van der Waals surface area contributed by atoms with E-state index in [0.29, 0.717) is 6.54 Å². The van der Waals surface area contributed by atoms with Gasteiger partial charge in [-0.2, -0.15) is 0 Å². The molecule has 4 nitrogen and oxygen atoms in total. The molecule has 3 rings (SSSR count). The Bertz CT molecular complexity index is 532. The number of thiophene rings is 1. The molecule has 3 heterocycles. The number of hydrogen-bond donors (Lipinski definition) is 1. The predicted molar refractivity (Wildman–Crippen MR) is 70.2 cm³/mol. The maximum atomic E-state index is 12.1. The third kappa shape index (κ3) is 2.31. The van der Waals surface area contributed by atoms with E-state index in [0.717, 1.165) is 25.2 Å². The van der Waals surface area contributed by atoms with E-state index >= 15 is 0 Å². The molecule has 18 heavy (non-hydrogen) atoms. The fraction of sp³-hybridized carbons (Fsp3) is 0.385. The number of aromatic nitrogens is 2. The lowest BCUT2D eigenvalue weighted by Crippen LogP contribution is -2.34. The molecule has 1 unspecified atom stereocenters. The Kier molecular flexibility index (Phi) is 3.15. The number of rotatable bonds is 3. The number of fused-ring (bicyclic) bond motifs is 1. The van der Waals surface area contributed by atoms with Crippen molar-refractivity contribution in [2.45, 2.75) is 25.9 Å². The minimum Gasteiger partial charge on any atom is -0.351 e. The molecule has 0 saturated carbocycles. The van der Waals surface area contributed by atoms with Gasteiger partial charge < -0.3 is 9.88 Å². The summed E-state index contributed by atoms with van der Waals surface area (Å²) in [6.07, 6.45) is 5.44. The average molecular weight is 261 g/mol. The second kappa shape index (κ2) is 4.94. The van der Waals surface area contributed by atoms with Crippen LogP contribution in [0.4, 0.5) is 0 Å². The van der Waals surface area contributed by atoms with Crippen molar-refractivity contribution >= 4 is 17.2 Å². The quantitative estimate of drug-likeness (QED) is 0.916. The molecular weight excluding hydrogens is 246 g/mol. The minimum absolute atomic E-state index is 0.0693. The summed E-state index contributed by atoms with van der Waals surface area (Å²) in [4.78, 5) is 17.6. The third-order valence-electron chi connectivity index (χ3n) is 3.34. The van der Waals surface area contributed by atoms with Crippen molar-refractivity contribution in [2.24, 2.45) is 5.92 Å². The van der Waals surface area contributed by atoms with Gasteiger partial charge in [0.25, 0.3) is 0 Å². The average Bonchev–Trinajstić information content (AvgIpc) is 3.05. The number of aryl methyl sites for hydroxylation is 1. The van der Waals surface area contributed by atoms with Crippen LogP contribution in [0.5, 0.6) is 0 Å². The molecule has 1 aliphatic rings. The van der Waals surface area contributed by atoms with E-state index in [1.165, 1.54) is 4.88 Å². The monoisotopic (exact) mass is 261 g/mol. The van der Waals surface area contributed by atoms with Crippen molar-refractivity contribution in [3.8, 4) is 0 Å². The number of hydrogen-bond acceptors (Lipinski definition) is 3. The zero-order chi connectivity index (χ0) is 12.4. The Morgan fingerprint density at radius 1 is 1.61 bits per heavy atom. The van der Waals surface area contributed by atoms with Crippen LogP contribution in [-0.2, 0) is 24.3 Å². The van der Waals surface area contributed by atoms with E-state index in [1.54, 1.807) is 17.5 Å². The van der Waals surface area contributed by atoms with Crippen molar-refractivity contribution in [1.82, 2.24) is 14.9 Å². The van der Waals surface area contributed by atoms with Crippen LogP contribution in [-0.4, -0.2) is 15.5 Å². The van der Waals surface area contributed by atoms with Crippen LogP contribution in [0.2, 0.25) is 0 Å². The van der Waals surface area contributed by atoms with E-state index in [4.69, 9.17) is 0 Å². The van der Waals surface area contributed by atoms with Crippen molar-refractivity contribution < 1.29 is 4.79 Å².